The normalized spacial score (nSPS) is 16.6. The molecular formula is C14H22BrN2O4S+. The highest BCUT2D eigenvalue weighted by atomic mass is 79.9. The highest BCUT2D eigenvalue weighted by Gasteiger charge is 2.17. The minimum atomic E-state index is -3.50. The number of rotatable bonds is 7. The first-order valence-corrected chi connectivity index (χ1v) is 9.55. The lowest BCUT2D eigenvalue weighted by Crippen LogP contribution is -3.14. The third-order valence-electron chi connectivity index (χ3n) is 3.63. The highest BCUT2D eigenvalue weighted by molar-refractivity contribution is 9.10. The fraction of sp³-hybridized carbons (Fsp3) is 0.571. The standard InChI is InChI=1S/C14H21BrN2O4S/c1-20-14-11-12(3-4-13(14)15)22(18,19)16-5-2-6-17-7-9-21-10-8-17/h3-4,11,16H,2,5-10H2,1H3/p+1. The molecule has 6 nitrogen and oxygen atoms in total. The van der Waals surface area contributed by atoms with Crippen LogP contribution < -0.4 is 14.4 Å². The first-order chi connectivity index (χ1) is 10.5. The van der Waals surface area contributed by atoms with Gasteiger partial charge in [-0.25, -0.2) is 13.1 Å². The van der Waals surface area contributed by atoms with Crippen LogP contribution in [0.2, 0.25) is 0 Å². The molecule has 0 aliphatic carbocycles. The Kier molecular flexibility index (Phi) is 6.64. The van der Waals surface area contributed by atoms with Gasteiger partial charge in [0.05, 0.1) is 36.2 Å². The van der Waals surface area contributed by atoms with Crippen molar-refractivity contribution in [3.8, 4) is 5.75 Å². The highest BCUT2D eigenvalue weighted by Crippen LogP contribution is 2.27. The molecule has 0 saturated carbocycles. The summed E-state index contributed by atoms with van der Waals surface area (Å²) < 4.78 is 38.3. The number of sulfonamides is 1. The van der Waals surface area contributed by atoms with Crippen LogP contribution in [0.5, 0.6) is 5.75 Å². The summed E-state index contributed by atoms with van der Waals surface area (Å²) in [6, 6.07) is 4.74. The monoisotopic (exact) mass is 393 g/mol. The number of methoxy groups -OCH3 is 1. The van der Waals surface area contributed by atoms with Crippen molar-refractivity contribution in [2.75, 3.05) is 46.5 Å². The number of benzene rings is 1. The van der Waals surface area contributed by atoms with Crippen LogP contribution in [0, 0.1) is 0 Å². The molecule has 0 atom stereocenters. The molecule has 0 bridgehead atoms. The number of halogens is 1. The van der Waals surface area contributed by atoms with Gasteiger partial charge in [-0.3, -0.25) is 0 Å². The van der Waals surface area contributed by atoms with Gasteiger partial charge >= 0.3 is 0 Å². The van der Waals surface area contributed by atoms with Gasteiger partial charge in [-0.05, 0) is 28.1 Å². The van der Waals surface area contributed by atoms with E-state index >= 15 is 0 Å². The van der Waals surface area contributed by atoms with Gasteiger partial charge in [-0.15, -0.1) is 0 Å². The van der Waals surface area contributed by atoms with Crippen LogP contribution in [0.3, 0.4) is 0 Å². The van der Waals surface area contributed by atoms with E-state index in [1.54, 1.807) is 12.1 Å². The zero-order valence-electron chi connectivity index (χ0n) is 12.6. The van der Waals surface area contributed by atoms with Gasteiger partial charge in [0.1, 0.15) is 18.8 Å². The van der Waals surface area contributed by atoms with Crippen LogP contribution in [0.25, 0.3) is 0 Å². The number of nitrogens with one attached hydrogen (secondary N) is 2. The molecule has 22 heavy (non-hydrogen) atoms. The Morgan fingerprint density at radius 1 is 1.36 bits per heavy atom. The van der Waals surface area contributed by atoms with Gasteiger partial charge in [0, 0.05) is 19.0 Å². The van der Waals surface area contributed by atoms with Crippen LogP contribution in [0.1, 0.15) is 6.42 Å². The molecule has 1 aromatic carbocycles. The molecule has 1 aliphatic heterocycles. The Hall–Kier alpha value is -0.670. The fourth-order valence-electron chi connectivity index (χ4n) is 2.35. The lowest BCUT2D eigenvalue weighted by molar-refractivity contribution is -0.908. The van der Waals surface area contributed by atoms with Crippen molar-refractivity contribution < 1.29 is 22.8 Å². The first kappa shape index (κ1) is 17.7. The molecule has 2 rings (SSSR count). The maximum absolute atomic E-state index is 12.3. The number of quaternary nitrogens is 1. The molecular weight excluding hydrogens is 372 g/mol. The van der Waals surface area contributed by atoms with Crippen molar-refractivity contribution in [3.05, 3.63) is 22.7 Å². The largest absolute Gasteiger partial charge is 0.496 e. The number of hydrogen-bond donors (Lipinski definition) is 2. The zero-order chi connectivity index (χ0) is 16.0. The second-order valence-corrected chi connectivity index (χ2v) is 7.78. The third-order valence-corrected chi connectivity index (χ3v) is 5.75. The molecule has 1 aromatic rings. The minimum Gasteiger partial charge on any atom is -0.496 e. The van der Waals surface area contributed by atoms with E-state index < -0.39 is 10.0 Å². The lowest BCUT2D eigenvalue weighted by Gasteiger charge is -2.23. The van der Waals surface area contributed by atoms with Crippen molar-refractivity contribution in [3.63, 3.8) is 0 Å². The molecule has 1 aliphatic rings. The summed E-state index contributed by atoms with van der Waals surface area (Å²) in [6.45, 7) is 4.97. The quantitative estimate of drug-likeness (QED) is 0.641. The van der Waals surface area contributed by atoms with E-state index in [4.69, 9.17) is 9.47 Å². The SMILES string of the molecule is COc1cc(S(=O)(=O)NCCC[NH+]2CCOCC2)ccc1Br. The fourth-order valence-corrected chi connectivity index (χ4v) is 3.84. The van der Waals surface area contributed by atoms with E-state index in [2.05, 4.69) is 20.7 Å². The molecule has 0 amide bonds. The van der Waals surface area contributed by atoms with Gasteiger partial charge in [0.25, 0.3) is 0 Å². The van der Waals surface area contributed by atoms with E-state index in [-0.39, 0.29) is 4.90 Å². The number of ether oxygens (including phenoxy) is 2. The van der Waals surface area contributed by atoms with Crippen LogP contribution in [0.4, 0.5) is 0 Å². The van der Waals surface area contributed by atoms with E-state index in [1.165, 1.54) is 18.1 Å². The molecule has 0 radical (unpaired) electrons. The summed E-state index contributed by atoms with van der Waals surface area (Å²) in [5, 5.41) is 0. The van der Waals surface area contributed by atoms with Gasteiger partial charge in [-0.1, -0.05) is 0 Å². The molecule has 1 saturated heterocycles. The topological polar surface area (TPSA) is 69.1 Å². The predicted octanol–water partition coefficient (Wildman–Crippen LogP) is 0.0412. The van der Waals surface area contributed by atoms with Crippen molar-refractivity contribution in [1.82, 2.24) is 4.72 Å². The minimum absolute atomic E-state index is 0.214. The maximum atomic E-state index is 12.3. The smallest absolute Gasteiger partial charge is 0.240 e. The lowest BCUT2D eigenvalue weighted by atomic mass is 10.3. The molecule has 8 heteroatoms. The van der Waals surface area contributed by atoms with Gasteiger partial charge in [0.15, 0.2) is 0 Å². The Morgan fingerprint density at radius 2 is 2.09 bits per heavy atom. The van der Waals surface area contributed by atoms with Gasteiger partial charge < -0.3 is 14.4 Å². The van der Waals surface area contributed by atoms with Crippen molar-refractivity contribution in [1.29, 1.82) is 0 Å². The van der Waals surface area contributed by atoms with Gasteiger partial charge in [0.2, 0.25) is 10.0 Å². The van der Waals surface area contributed by atoms with E-state index in [1.807, 2.05) is 0 Å². The average molecular weight is 394 g/mol. The summed E-state index contributed by atoms with van der Waals surface area (Å²) in [5.41, 5.74) is 0. The Bertz CT molecular complexity index is 589. The van der Waals surface area contributed by atoms with E-state index in [0.717, 1.165) is 43.7 Å². The van der Waals surface area contributed by atoms with Crippen molar-refractivity contribution >= 4 is 26.0 Å². The second-order valence-electron chi connectivity index (χ2n) is 5.16. The van der Waals surface area contributed by atoms with Crippen LogP contribution in [-0.2, 0) is 14.8 Å². The zero-order valence-corrected chi connectivity index (χ0v) is 15.0. The summed E-state index contributed by atoms with van der Waals surface area (Å²) >= 11 is 3.31. The Morgan fingerprint density at radius 3 is 2.77 bits per heavy atom. The summed E-state index contributed by atoms with van der Waals surface area (Å²) in [4.78, 5) is 1.68. The Balaban J connectivity index is 1.85. The summed E-state index contributed by atoms with van der Waals surface area (Å²) in [5.74, 6) is 0.501. The first-order valence-electron chi connectivity index (χ1n) is 7.27. The summed E-state index contributed by atoms with van der Waals surface area (Å²) in [6.07, 6.45) is 0.808. The number of morpholine rings is 1. The number of hydrogen-bond acceptors (Lipinski definition) is 4. The molecule has 0 unspecified atom stereocenters. The molecule has 0 aromatic heterocycles. The van der Waals surface area contributed by atoms with Crippen LogP contribution in [-0.4, -0.2) is 54.9 Å². The van der Waals surface area contributed by atoms with E-state index in [0.29, 0.717) is 12.3 Å². The van der Waals surface area contributed by atoms with Gasteiger partial charge in [-0.2, -0.15) is 0 Å². The Labute approximate surface area is 140 Å². The molecule has 1 heterocycles. The maximum Gasteiger partial charge on any atom is 0.240 e. The van der Waals surface area contributed by atoms with Crippen molar-refractivity contribution in [2.24, 2.45) is 0 Å². The van der Waals surface area contributed by atoms with Crippen LogP contribution in [0.15, 0.2) is 27.6 Å². The predicted molar refractivity (Wildman–Crippen MR) is 86.9 cm³/mol. The molecule has 1 fully saturated rings. The average Bonchev–Trinajstić information content (AvgIpc) is 2.53. The van der Waals surface area contributed by atoms with Crippen molar-refractivity contribution in [2.45, 2.75) is 11.3 Å². The summed E-state index contributed by atoms with van der Waals surface area (Å²) in [7, 11) is -1.99. The third kappa shape index (κ3) is 4.92. The second kappa shape index (κ2) is 8.26. The molecule has 2 N–H and O–H groups in total. The molecule has 124 valence electrons. The van der Waals surface area contributed by atoms with Crippen LogP contribution >= 0.6 is 15.9 Å². The molecule has 0 spiro atoms. The van der Waals surface area contributed by atoms with E-state index in [9.17, 15) is 8.42 Å².